The van der Waals surface area contributed by atoms with Crippen LogP contribution >= 0.6 is 0 Å². The Morgan fingerprint density at radius 2 is 1.53 bits per heavy atom. The maximum atomic E-state index is 14.7. The summed E-state index contributed by atoms with van der Waals surface area (Å²) in [5, 5.41) is 25.4. The highest BCUT2D eigenvalue weighted by atomic mass is 16.5. The predicted molar refractivity (Wildman–Crippen MR) is 244 cm³/mol. The topological polar surface area (TPSA) is 270 Å². The van der Waals surface area contributed by atoms with E-state index < -0.39 is 59.4 Å². The van der Waals surface area contributed by atoms with Crippen LogP contribution in [0, 0.1) is 23.2 Å². The van der Waals surface area contributed by atoms with E-state index in [0.717, 1.165) is 32.1 Å². The van der Waals surface area contributed by atoms with Crippen molar-refractivity contribution in [3.8, 4) is 28.7 Å². The van der Waals surface area contributed by atoms with Crippen LogP contribution in [0.4, 0.5) is 0 Å². The summed E-state index contributed by atoms with van der Waals surface area (Å²) < 4.78 is 12.2. The van der Waals surface area contributed by atoms with Crippen LogP contribution in [0.3, 0.4) is 0 Å². The average Bonchev–Trinajstić information content (AvgIpc) is 3.27. The van der Waals surface area contributed by atoms with Gasteiger partial charge in [0.2, 0.25) is 17.7 Å². The Hall–Kier alpha value is -5.21. The number of amides is 3. The number of nitrogens with one attached hydrogen (secondary N) is 2. The molecule has 0 radical (unpaired) electrons. The van der Waals surface area contributed by atoms with Crippen LogP contribution in [-0.2, 0) is 35.2 Å². The molecule has 6 atom stereocenters. The van der Waals surface area contributed by atoms with Gasteiger partial charge in [-0.15, -0.1) is 0 Å². The average molecular weight is 890 g/mol. The molecule has 0 saturated heterocycles. The van der Waals surface area contributed by atoms with Crippen LogP contribution in [0.1, 0.15) is 121 Å². The molecule has 3 rings (SSSR count). The largest absolute Gasteiger partial charge is 0.492 e. The van der Waals surface area contributed by atoms with Crippen molar-refractivity contribution >= 4 is 35.1 Å². The minimum atomic E-state index is -1.29. The molecule has 352 valence electrons. The summed E-state index contributed by atoms with van der Waals surface area (Å²) >= 11 is 0. The number of aliphatic hydroxyl groups excluding tert-OH is 1. The van der Waals surface area contributed by atoms with E-state index in [1.54, 1.807) is 43.3 Å². The lowest BCUT2D eigenvalue weighted by Crippen LogP contribution is -2.49. The van der Waals surface area contributed by atoms with Crippen molar-refractivity contribution in [2.45, 2.75) is 135 Å². The Kier molecular flexibility index (Phi) is 23.1. The van der Waals surface area contributed by atoms with Crippen LogP contribution in [-0.4, -0.2) is 103 Å². The van der Waals surface area contributed by atoms with Gasteiger partial charge in [-0.2, -0.15) is 5.26 Å². The third-order valence-corrected chi connectivity index (χ3v) is 11.5. The van der Waals surface area contributed by atoms with Crippen LogP contribution in [0.15, 0.2) is 36.4 Å². The van der Waals surface area contributed by atoms with E-state index in [1.807, 2.05) is 6.07 Å². The summed E-state index contributed by atoms with van der Waals surface area (Å²) in [6.45, 7) is 5.83. The van der Waals surface area contributed by atoms with Gasteiger partial charge in [-0.1, -0.05) is 64.5 Å². The molecule has 0 spiro atoms. The number of hydrogen-bond acceptors (Lipinski definition) is 13. The van der Waals surface area contributed by atoms with Gasteiger partial charge >= 0.3 is 0 Å². The van der Waals surface area contributed by atoms with Crippen LogP contribution < -0.4 is 37.3 Å². The molecule has 4 bridgehead atoms. The Morgan fingerprint density at radius 3 is 2.14 bits per heavy atom. The summed E-state index contributed by atoms with van der Waals surface area (Å²) in [6.07, 6.45) is 5.33. The highest BCUT2D eigenvalue weighted by molar-refractivity contribution is 5.97. The number of nitrogens with zero attached hydrogens (tertiary/aromatic N) is 2. The monoisotopic (exact) mass is 890 g/mol. The first kappa shape index (κ1) is 53.1. The SMILES string of the molecule is CCCCCCCCCC(=O)N[C@H](C(=O)C[C@@H](CCN)C(=O)N(C)[C@@H]1C(=O)C[C@@H](C)C(=O)N[C@H](C(=O)CCC#N)Cc2ccc(OCCN)c(c2)-c2cc1ccc2OCCN)C(C)O. The number of likely N-dealkylation sites (N-methyl/N-ethyl adjacent to an activating group) is 1. The van der Waals surface area contributed by atoms with Crippen molar-refractivity contribution in [2.75, 3.05) is 39.9 Å². The highest BCUT2D eigenvalue weighted by Gasteiger charge is 2.37. The van der Waals surface area contributed by atoms with Gasteiger partial charge in [-0.05, 0) is 68.1 Å². The van der Waals surface area contributed by atoms with Gasteiger partial charge in [0.15, 0.2) is 17.3 Å². The van der Waals surface area contributed by atoms with Gasteiger partial charge in [0.05, 0.1) is 18.2 Å². The number of unbranched alkanes of at least 4 members (excludes halogenated alkanes) is 6. The molecular weight excluding hydrogens is 819 g/mol. The molecule has 16 nitrogen and oxygen atoms in total. The highest BCUT2D eigenvalue weighted by Crippen LogP contribution is 2.41. The number of nitriles is 1. The molecule has 0 aromatic heterocycles. The van der Waals surface area contributed by atoms with Crippen molar-refractivity contribution in [3.63, 3.8) is 0 Å². The molecule has 0 saturated carbocycles. The standard InChI is InChI=1S/C48H71N7O9/c1-5-6-7-8-9-10-11-14-44(60)54-45(32(3)56)40(58)30-35(19-21-50)48(62)55(4)46-34-16-18-43(64-25-23-52)37(29-34)36-27-33(15-17-42(36)63-24-22-51)28-38(39(57)13-12-20-49)53-47(61)31(2)26-41(46)59/h15-18,27,29,31-32,35,38,45-46,56H,5-14,19,21-26,28,30,50-52H2,1-4H3,(H,53,61)(H,54,60)/t31-,32?,35-,38+,45+,46+/m1/s1. The van der Waals surface area contributed by atoms with E-state index in [0.29, 0.717) is 40.2 Å². The molecule has 1 aliphatic rings. The van der Waals surface area contributed by atoms with E-state index >= 15 is 0 Å². The molecule has 1 unspecified atom stereocenters. The van der Waals surface area contributed by atoms with Crippen molar-refractivity contribution in [1.82, 2.24) is 15.5 Å². The summed E-state index contributed by atoms with van der Waals surface area (Å²) in [7, 11) is 1.45. The minimum absolute atomic E-state index is 0.0187. The first-order valence-electron chi connectivity index (χ1n) is 22.8. The van der Waals surface area contributed by atoms with E-state index in [1.165, 1.54) is 25.3 Å². The summed E-state index contributed by atoms with van der Waals surface area (Å²) in [5.74, 6) is -4.11. The molecule has 3 amide bonds. The van der Waals surface area contributed by atoms with Gasteiger partial charge in [0.25, 0.3) is 0 Å². The number of nitrogens with two attached hydrogens (primary N) is 3. The van der Waals surface area contributed by atoms with Crippen molar-refractivity contribution in [1.29, 1.82) is 5.26 Å². The van der Waals surface area contributed by atoms with E-state index in [-0.39, 0.29) is 89.5 Å². The Bertz CT molecular complexity index is 1920. The first-order valence-corrected chi connectivity index (χ1v) is 22.8. The fourth-order valence-electron chi connectivity index (χ4n) is 7.97. The maximum Gasteiger partial charge on any atom is 0.226 e. The number of aliphatic hydroxyl groups is 1. The van der Waals surface area contributed by atoms with E-state index in [9.17, 15) is 39.1 Å². The Balaban J connectivity index is 2.09. The molecule has 64 heavy (non-hydrogen) atoms. The molecule has 2 aromatic carbocycles. The third-order valence-electron chi connectivity index (χ3n) is 11.5. The number of fused-ring (bicyclic) bond motifs is 5. The maximum absolute atomic E-state index is 14.7. The van der Waals surface area contributed by atoms with Crippen LogP contribution in [0.25, 0.3) is 11.1 Å². The second-order valence-electron chi connectivity index (χ2n) is 16.8. The molecule has 9 N–H and O–H groups in total. The van der Waals surface area contributed by atoms with E-state index in [4.69, 9.17) is 26.7 Å². The number of Topliss-reactive ketones (excluding diaryl/α,β-unsaturated/α-hetero) is 3. The van der Waals surface area contributed by atoms with Gasteiger partial charge < -0.3 is 47.3 Å². The lowest BCUT2D eigenvalue weighted by molar-refractivity contribution is -0.144. The molecular formula is C48H71N7O9. The first-order chi connectivity index (χ1) is 30.7. The summed E-state index contributed by atoms with van der Waals surface area (Å²) in [6, 6.07) is 8.72. The fourth-order valence-corrected chi connectivity index (χ4v) is 7.97. The lowest BCUT2D eigenvalue weighted by atomic mass is 9.88. The molecule has 0 fully saturated rings. The zero-order chi connectivity index (χ0) is 47.2. The molecule has 16 heteroatoms. The Morgan fingerprint density at radius 1 is 0.906 bits per heavy atom. The zero-order valence-electron chi connectivity index (χ0n) is 38.2. The zero-order valence-corrected chi connectivity index (χ0v) is 38.2. The van der Waals surface area contributed by atoms with Crippen molar-refractivity contribution < 1.29 is 43.3 Å². The smallest absolute Gasteiger partial charge is 0.226 e. The Labute approximate surface area is 378 Å². The normalized spacial score (nSPS) is 17.8. The third kappa shape index (κ3) is 16.1. The number of benzene rings is 2. The fraction of sp³-hybridized carbons (Fsp3) is 0.604. The number of hydrogen-bond donors (Lipinski definition) is 6. The summed E-state index contributed by atoms with van der Waals surface area (Å²) in [4.78, 5) is 84.5. The van der Waals surface area contributed by atoms with Gasteiger partial charge in [0.1, 0.15) is 36.8 Å². The molecule has 2 aromatic rings. The van der Waals surface area contributed by atoms with E-state index in [2.05, 4.69) is 17.6 Å². The van der Waals surface area contributed by atoms with Gasteiger partial charge in [0, 0.05) is 75.2 Å². The molecule has 1 heterocycles. The minimum Gasteiger partial charge on any atom is -0.492 e. The second kappa shape index (κ2) is 27.9. The predicted octanol–water partition coefficient (Wildman–Crippen LogP) is 3.97. The van der Waals surface area contributed by atoms with Gasteiger partial charge in [-0.25, -0.2) is 0 Å². The number of ether oxygens (including phenoxy) is 2. The quantitative estimate of drug-likeness (QED) is 0.0731. The summed E-state index contributed by atoms with van der Waals surface area (Å²) in [5.41, 5.74) is 19.7. The second-order valence-corrected chi connectivity index (χ2v) is 16.8. The van der Waals surface area contributed by atoms with Crippen LogP contribution in [0.2, 0.25) is 0 Å². The van der Waals surface area contributed by atoms with Gasteiger partial charge in [-0.3, -0.25) is 28.8 Å². The molecule has 0 aliphatic carbocycles. The lowest BCUT2D eigenvalue weighted by Gasteiger charge is -2.32. The van der Waals surface area contributed by atoms with Crippen molar-refractivity contribution in [2.24, 2.45) is 29.0 Å². The molecule has 1 aliphatic heterocycles. The number of carbonyl (C=O) groups excluding carboxylic acids is 6. The number of ketones is 3. The van der Waals surface area contributed by atoms with Crippen molar-refractivity contribution in [3.05, 3.63) is 47.5 Å². The number of carbonyl (C=O) groups is 6. The number of rotatable bonds is 26. The van der Waals surface area contributed by atoms with Crippen LogP contribution in [0.5, 0.6) is 11.5 Å².